The van der Waals surface area contributed by atoms with Crippen molar-refractivity contribution >= 4 is 11.9 Å². The summed E-state index contributed by atoms with van der Waals surface area (Å²) in [5.41, 5.74) is 0. The van der Waals surface area contributed by atoms with Crippen LogP contribution in [0.1, 0.15) is 264 Å². The van der Waals surface area contributed by atoms with Crippen LogP contribution in [0.5, 0.6) is 0 Å². The van der Waals surface area contributed by atoms with Gasteiger partial charge in [-0.05, 0) is 77.0 Å². The Balaban J connectivity index is 3.48. The predicted octanol–water partition coefficient (Wildman–Crippen LogP) is 19.1. The number of aliphatic hydroxyl groups excluding tert-OH is 1. The molecule has 384 valence electrons. The van der Waals surface area contributed by atoms with Crippen LogP contribution in [0.25, 0.3) is 0 Å². The monoisotopic (exact) mass is 931 g/mol. The van der Waals surface area contributed by atoms with Gasteiger partial charge in [0.1, 0.15) is 6.61 Å². The molecule has 0 saturated carbocycles. The molecule has 0 heterocycles. The summed E-state index contributed by atoms with van der Waals surface area (Å²) in [4.78, 5) is 24.4. The van der Waals surface area contributed by atoms with E-state index in [1.807, 2.05) is 0 Å². The second-order valence-corrected chi connectivity index (χ2v) is 18.6. The van der Waals surface area contributed by atoms with Crippen LogP contribution in [0.3, 0.4) is 0 Å². The number of rotatable bonds is 51. The van der Waals surface area contributed by atoms with Gasteiger partial charge in [-0.15, -0.1) is 0 Å². The number of carbonyl (C=O) groups is 2. The first-order chi connectivity index (χ1) is 33.1. The lowest BCUT2D eigenvalue weighted by molar-refractivity contribution is -0.161. The second kappa shape index (κ2) is 57.1. The number of unbranched alkanes of at least 4 members (excludes halogenated alkanes) is 27. The van der Waals surface area contributed by atoms with Gasteiger partial charge in [0.2, 0.25) is 0 Å². The highest BCUT2D eigenvalue weighted by Crippen LogP contribution is 2.16. The van der Waals surface area contributed by atoms with Crippen molar-refractivity contribution in [3.63, 3.8) is 0 Å². The molecule has 0 aromatic rings. The molecular formula is C62H106O5. The first kappa shape index (κ1) is 63.8. The molecule has 5 nitrogen and oxygen atoms in total. The summed E-state index contributed by atoms with van der Waals surface area (Å²) in [6.07, 6.45) is 81.1. The van der Waals surface area contributed by atoms with E-state index in [-0.39, 0.29) is 25.2 Å². The van der Waals surface area contributed by atoms with Crippen LogP contribution >= 0.6 is 0 Å². The largest absolute Gasteiger partial charge is 0.462 e. The smallest absolute Gasteiger partial charge is 0.306 e. The van der Waals surface area contributed by atoms with E-state index in [0.29, 0.717) is 12.8 Å². The third-order valence-corrected chi connectivity index (χ3v) is 12.1. The van der Waals surface area contributed by atoms with Gasteiger partial charge in [0.25, 0.3) is 0 Å². The van der Waals surface area contributed by atoms with Crippen molar-refractivity contribution in [2.24, 2.45) is 0 Å². The Kier molecular flexibility index (Phi) is 54.4. The summed E-state index contributed by atoms with van der Waals surface area (Å²) in [6, 6.07) is 0. The van der Waals surface area contributed by atoms with Gasteiger partial charge < -0.3 is 14.6 Å². The minimum absolute atomic E-state index is 0.0643. The Morgan fingerprint density at radius 3 is 0.970 bits per heavy atom. The van der Waals surface area contributed by atoms with Crippen LogP contribution in [0.4, 0.5) is 0 Å². The second-order valence-electron chi connectivity index (χ2n) is 18.6. The molecule has 1 N–H and O–H groups in total. The minimum Gasteiger partial charge on any atom is -0.462 e. The lowest BCUT2D eigenvalue weighted by atomic mass is 10.0. The highest BCUT2D eigenvalue weighted by molar-refractivity contribution is 5.70. The standard InChI is InChI=1S/C62H106O5/c1-3-5-7-9-11-13-15-17-18-19-20-21-22-23-24-25-26-27-28-29-30-31-32-33-34-35-36-37-38-39-40-41-42-43-44-45-47-49-51-53-55-57-62(65)67-60(58-63)59-66-61(64)56-54-52-50-48-46-16-14-12-10-8-6-4-2/h5,7,11,13,17-18,20-21,23-24,26-27,29-30,32-33,60,63H,3-4,6,8-10,12,14-16,19,22,25,28,31,34-59H2,1-2H3/b7-5-,13-11-,18-17-,21-20-,24-23-,27-26-,30-29-,33-32-. The van der Waals surface area contributed by atoms with E-state index in [1.165, 1.54) is 148 Å². The van der Waals surface area contributed by atoms with Gasteiger partial charge in [-0.2, -0.15) is 0 Å². The van der Waals surface area contributed by atoms with E-state index in [4.69, 9.17) is 9.47 Å². The number of allylic oxidation sites excluding steroid dienone is 16. The molecule has 0 aliphatic carbocycles. The van der Waals surface area contributed by atoms with Crippen LogP contribution in [0.2, 0.25) is 0 Å². The highest BCUT2D eigenvalue weighted by atomic mass is 16.6. The van der Waals surface area contributed by atoms with Crippen LogP contribution in [-0.2, 0) is 19.1 Å². The molecule has 0 aliphatic rings. The molecule has 0 saturated heterocycles. The number of aliphatic hydroxyl groups is 1. The normalized spacial score (nSPS) is 12.9. The molecule has 0 radical (unpaired) electrons. The van der Waals surface area contributed by atoms with E-state index in [2.05, 4.69) is 111 Å². The molecule has 0 spiro atoms. The zero-order valence-corrected chi connectivity index (χ0v) is 43.9. The van der Waals surface area contributed by atoms with E-state index < -0.39 is 6.10 Å². The molecule has 1 atom stereocenters. The van der Waals surface area contributed by atoms with Crippen LogP contribution in [0, 0.1) is 0 Å². The van der Waals surface area contributed by atoms with Gasteiger partial charge in [-0.3, -0.25) is 9.59 Å². The highest BCUT2D eigenvalue weighted by Gasteiger charge is 2.16. The lowest BCUT2D eigenvalue weighted by Crippen LogP contribution is -2.28. The molecule has 0 amide bonds. The van der Waals surface area contributed by atoms with Crippen molar-refractivity contribution < 1.29 is 24.2 Å². The zero-order chi connectivity index (χ0) is 48.5. The van der Waals surface area contributed by atoms with Gasteiger partial charge in [0, 0.05) is 12.8 Å². The van der Waals surface area contributed by atoms with Crippen molar-refractivity contribution in [1.29, 1.82) is 0 Å². The Hall–Kier alpha value is -3.18. The van der Waals surface area contributed by atoms with Gasteiger partial charge in [-0.1, -0.05) is 272 Å². The summed E-state index contributed by atoms with van der Waals surface area (Å²) in [5.74, 6) is -0.585. The first-order valence-corrected chi connectivity index (χ1v) is 28.3. The molecular weight excluding hydrogens is 825 g/mol. The SMILES string of the molecule is CC/C=C\C/C=C\C/C=C\C/C=C\C/C=C\C/C=C\C/C=C\C/C=C\CCCCCCCCCCCCCCCCCCC(=O)OC(CO)COC(=O)CCCCCCCCCCCCCC. The molecule has 0 rings (SSSR count). The maximum Gasteiger partial charge on any atom is 0.306 e. The molecule has 0 fully saturated rings. The number of ether oxygens (including phenoxy) is 2. The third kappa shape index (κ3) is 55.3. The van der Waals surface area contributed by atoms with Gasteiger partial charge in [0.05, 0.1) is 6.61 Å². The summed E-state index contributed by atoms with van der Waals surface area (Å²) in [6.45, 7) is 4.03. The topological polar surface area (TPSA) is 72.8 Å². The molecule has 1 unspecified atom stereocenters. The fourth-order valence-electron chi connectivity index (χ4n) is 7.93. The van der Waals surface area contributed by atoms with Crippen molar-refractivity contribution in [2.75, 3.05) is 13.2 Å². The number of carbonyl (C=O) groups excluding carboxylic acids is 2. The fraction of sp³-hybridized carbons (Fsp3) is 0.710. The summed E-state index contributed by atoms with van der Waals surface area (Å²) in [7, 11) is 0. The predicted molar refractivity (Wildman–Crippen MR) is 292 cm³/mol. The van der Waals surface area contributed by atoms with E-state index in [1.54, 1.807) is 0 Å². The third-order valence-electron chi connectivity index (χ3n) is 12.1. The lowest BCUT2D eigenvalue weighted by Gasteiger charge is -2.15. The zero-order valence-electron chi connectivity index (χ0n) is 43.9. The number of hydrogen-bond acceptors (Lipinski definition) is 5. The Morgan fingerprint density at radius 1 is 0.358 bits per heavy atom. The van der Waals surface area contributed by atoms with E-state index >= 15 is 0 Å². The molecule has 0 aliphatic heterocycles. The molecule has 0 aromatic carbocycles. The number of esters is 2. The average molecular weight is 932 g/mol. The van der Waals surface area contributed by atoms with Gasteiger partial charge >= 0.3 is 11.9 Å². The van der Waals surface area contributed by atoms with Gasteiger partial charge in [-0.25, -0.2) is 0 Å². The Morgan fingerprint density at radius 2 is 0.642 bits per heavy atom. The Bertz CT molecular complexity index is 1280. The van der Waals surface area contributed by atoms with E-state index in [9.17, 15) is 14.7 Å². The van der Waals surface area contributed by atoms with Crippen LogP contribution in [-0.4, -0.2) is 36.4 Å². The van der Waals surface area contributed by atoms with E-state index in [0.717, 1.165) is 89.9 Å². The van der Waals surface area contributed by atoms with Crippen molar-refractivity contribution in [2.45, 2.75) is 270 Å². The molecule has 0 bridgehead atoms. The number of hydrogen-bond donors (Lipinski definition) is 1. The maximum atomic E-state index is 12.3. The molecule has 5 heteroatoms. The first-order valence-electron chi connectivity index (χ1n) is 28.3. The quantitative estimate of drug-likeness (QED) is 0.0374. The van der Waals surface area contributed by atoms with Crippen LogP contribution in [0.15, 0.2) is 97.2 Å². The van der Waals surface area contributed by atoms with Crippen molar-refractivity contribution in [3.8, 4) is 0 Å². The molecule has 0 aromatic heterocycles. The van der Waals surface area contributed by atoms with Crippen LogP contribution < -0.4 is 0 Å². The van der Waals surface area contributed by atoms with Crippen molar-refractivity contribution in [3.05, 3.63) is 97.2 Å². The van der Waals surface area contributed by atoms with Gasteiger partial charge in [0.15, 0.2) is 6.10 Å². The summed E-state index contributed by atoms with van der Waals surface area (Å²) in [5, 5.41) is 9.61. The maximum absolute atomic E-state index is 12.3. The molecule has 67 heavy (non-hydrogen) atoms. The summed E-state index contributed by atoms with van der Waals surface area (Å²) < 4.78 is 10.7. The fourth-order valence-corrected chi connectivity index (χ4v) is 7.93. The van der Waals surface area contributed by atoms with Crippen molar-refractivity contribution in [1.82, 2.24) is 0 Å². The summed E-state index contributed by atoms with van der Waals surface area (Å²) >= 11 is 0. The average Bonchev–Trinajstić information content (AvgIpc) is 3.33. The Labute approximate surface area is 415 Å². The minimum atomic E-state index is -0.771.